The molecule has 1 aromatic heterocycles. The van der Waals surface area contributed by atoms with Crippen LogP contribution in [0.25, 0.3) is 0 Å². The fraction of sp³-hybridized carbons (Fsp3) is 0.353. The lowest BCUT2D eigenvalue weighted by Crippen LogP contribution is -2.45. The van der Waals surface area contributed by atoms with Crippen molar-refractivity contribution in [2.24, 2.45) is 0 Å². The van der Waals surface area contributed by atoms with Gasteiger partial charge in [-0.2, -0.15) is 0 Å². The Bertz CT molecular complexity index is 636. The number of halogens is 1. The Morgan fingerprint density at radius 1 is 1.17 bits per heavy atom. The number of nitrogens with zero attached hydrogens (tertiary/aromatic N) is 1. The molecule has 0 atom stereocenters. The number of furan rings is 1. The quantitative estimate of drug-likeness (QED) is 0.850. The lowest BCUT2D eigenvalue weighted by atomic mass is 10.0. The van der Waals surface area contributed by atoms with Gasteiger partial charge >= 0.3 is 6.03 Å². The number of piperidine rings is 1. The Labute approximate surface area is 144 Å². The second kappa shape index (κ2) is 7.66. The summed E-state index contributed by atoms with van der Waals surface area (Å²) in [6.07, 6.45) is 1.92. The molecule has 2 heterocycles. The van der Waals surface area contributed by atoms with Gasteiger partial charge in [0.15, 0.2) is 4.67 Å². The summed E-state index contributed by atoms with van der Waals surface area (Å²) in [4.78, 5) is 14.4. The van der Waals surface area contributed by atoms with Crippen molar-refractivity contribution in [3.05, 3.63) is 52.7 Å². The molecule has 1 aliphatic heterocycles. The van der Waals surface area contributed by atoms with E-state index in [9.17, 15) is 4.79 Å². The van der Waals surface area contributed by atoms with E-state index in [-0.39, 0.29) is 12.1 Å². The molecule has 122 valence electrons. The standard InChI is InChI=1S/C17H20BrN3O2/c18-15-6-7-16(23-15)20-17(22)19-14-8-10-21(11-9-14)12-13-4-2-1-3-5-13/h1-7,14H,8-12H2,(H2,19,20,22). The lowest BCUT2D eigenvalue weighted by Gasteiger charge is -2.32. The maximum atomic E-state index is 12.0. The van der Waals surface area contributed by atoms with Gasteiger partial charge in [0.2, 0.25) is 5.88 Å². The van der Waals surface area contributed by atoms with Crippen LogP contribution in [-0.4, -0.2) is 30.1 Å². The summed E-state index contributed by atoms with van der Waals surface area (Å²) in [6.45, 7) is 2.96. The first kappa shape index (κ1) is 16.1. The summed E-state index contributed by atoms with van der Waals surface area (Å²) >= 11 is 3.21. The molecular weight excluding hydrogens is 358 g/mol. The van der Waals surface area contributed by atoms with Crippen molar-refractivity contribution in [2.45, 2.75) is 25.4 Å². The molecule has 2 N–H and O–H groups in total. The summed E-state index contributed by atoms with van der Waals surface area (Å²) in [5.41, 5.74) is 1.33. The zero-order valence-corrected chi connectivity index (χ0v) is 14.4. The molecular formula is C17H20BrN3O2. The largest absolute Gasteiger partial charge is 0.434 e. The number of hydrogen-bond donors (Lipinski definition) is 2. The smallest absolute Gasteiger partial charge is 0.321 e. The topological polar surface area (TPSA) is 57.5 Å². The van der Waals surface area contributed by atoms with E-state index >= 15 is 0 Å². The van der Waals surface area contributed by atoms with Crippen LogP contribution in [0.4, 0.5) is 10.7 Å². The van der Waals surface area contributed by atoms with E-state index in [0.717, 1.165) is 32.5 Å². The Morgan fingerprint density at radius 2 is 1.91 bits per heavy atom. The predicted octanol–water partition coefficient (Wildman–Crippen LogP) is 3.83. The number of rotatable bonds is 4. The van der Waals surface area contributed by atoms with Crippen LogP contribution in [0.5, 0.6) is 0 Å². The van der Waals surface area contributed by atoms with Crippen molar-refractivity contribution >= 4 is 27.8 Å². The van der Waals surface area contributed by atoms with Gasteiger partial charge in [-0.1, -0.05) is 30.3 Å². The van der Waals surface area contributed by atoms with Crippen LogP contribution in [-0.2, 0) is 6.54 Å². The second-order valence-electron chi connectivity index (χ2n) is 5.74. The molecule has 0 bridgehead atoms. The highest BCUT2D eigenvalue weighted by molar-refractivity contribution is 9.10. The first-order valence-corrected chi connectivity index (χ1v) is 8.57. The minimum absolute atomic E-state index is 0.209. The Morgan fingerprint density at radius 3 is 2.57 bits per heavy atom. The molecule has 0 radical (unpaired) electrons. The number of hydrogen-bond acceptors (Lipinski definition) is 3. The minimum atomic E-state index is -0.214. The van der Waals surface area contributed by atoms with Gasteiger partial charge in [0.1, 0.15) is 0 Å². The van der Waals surface area contributed by atoms with Crippen LogP contribution >= 0.6 is 15.9 Å². The molecule has 2 amide bonds. The normalized spacial score (nSPS) is 16.2. The fourth-order valence-corrected chi connectivity index (χ4v) is 3.10. The van der Waals surface area contributed by atoms with Crippen LogP contribution in [0.1, 0.15) is 18.4 Å². The van der Waals surface area contributed by atoms with Crippen LogP contribution in [0, 0.1) is 0 Å². The lowest BCUT2D eigenvalue weighted by molar-refractivity contribution is 0.189. The third kappa shape index (κ3) is 4.84. The number of benzene rings is 1. The van der Waals surface area contributed by atoms with E-state index in [1.54, 1.807) is 12.1 Å². The maximum Gasteiger partial charge on any atom is 0.321 e. The van der Waals surface area contributed by atoms with Crippen molar-refractivity contribution in [1.29, 1.82) is 0 Å². The van der Waals surface area contributed by atoms with Crippen molar-refractivity contribution in [3.63, 3.8) is 0 Å². The molecule has 0 saturated carbocycles. The van der Waals surface area contributed by atoms with Gasteiger partial charge < -0.3 is 9.73 Å². The summed E-state index contributed by atoms with van der Waals surface area (Å²) in [5, 5.41) is 5.71. The van der Waals surface area contributed by atoms with Crippen molar-refractivity contribution < 1.29 is 9.21 Å². The highest BCUT2D eigenvalue weighted by atomic mass is 79.9. The Balaban J connectivity index is 1.41. The molecule has 1 aliphatic rings. The first-order chi connectivity index (χ1) is 11.2. The monoisotopic (exact) mass is 377 g/mol. The maximum absolute atomic E-state index is 12.0. The molecule has 0 aliphatic carbocycles. The molecule has 2 aromatic rings. The van der Waals surface area contributed by atoms with Crippen molar-refractivity contribution in [2.75, 3.05) is 18.4 Å². The summed E-state index contributed by atoms with van der Waals surface area (Å²) in [6, 6.07) is 13.9. The third-order valence-electron chi connectivity index (χ3n) is 3.98. The summed E-state index contributed by atoms with van der Waals surface area (Å²) < 4.78 is 5.86. The van der Waals surface area contributed by atoms with E-state index in [0.29, 0.717) is 10.6 Å². The average molecular weight is 378 g/mol. The minimum Gasteiger partial charge on any atom is -0.434 e. The van der Waals surface area contributed by atoms with E-state index in [1.165, 1.54) is 5.56 Å². The van der Waals surface area contributed by atoms with Crippen LogP contribution in [0.15, 0.2) is 51.6 Å². The number of amides is 2. The molecule has 3 rings (SSSR count). The zero-order chi connectivity index (χ0) is 16.1. The van der Waals surface area contributed by atoms with Crippen LogP contribution in [0.2, 0.25) is 0 Å². The number of carbonyl (C=O) groups excluding carboxylic acids is 1. The van der Waals surface area contributed by atoms with Crippen molar-refractivity contribution in [3.8, 4) is 0 Å². The molecule has 1 fully saturated rings. The third-order valence-corrected chi connectivity index (χ3v) is 4.41. The molecule has 23 heavy (non-hydrogen) atoms. The number of carbonyl (C=O) groups is 1. The Kier molecular flexibility index (Phi) is 5.35. The Hall–Kier alpha value is -1.79. The first-order valence-electron chi connectivity index (χ1n) is 7.78. The number of nitrogens with one attached hydrogen (secondary N) is 2. The van der Waals surface area contributed by atoms with Gasteiger partial charge in [0.25, 0.3) is 0 Å². The SMILES string of the molecule is O=C(Nc1ccc(Br)o1)NC1CCN(Cc2ccccc2)CC1. The van der Waals surface area contributed by atoms with Gasteiger partial charge in [-0.3, -0.25) is 10.2 Å². The molecule has 0 unspecified atom stereocenters. The predicted molar refractivity (Wildman–Crippen MR) is 93.3 cm³/mol. The van der Waals surface area contributed by atoms with Crippen LogP contribution < -0.4 is 10.6 Å². The van der Waals surface area contributed by atoms with Crippen LogP contribution in [0.3, 0.4) is 0 Å². The highest BCUT2D eigenvalue weighted by Gasteiger charge is 2.21. The molecule has 1 aromatic carbocycles. The van der Waals surface area contributed by atoms with E-state index in [2.05, 4.69) is 55.7 Å². The molecule has 6 heteroatoms. The average Bonchev–Trinajstić information content (AvgIpc) is 2.95. The van der Waals surface area contributed by atoms with Gasteiger partial charge in [-0.05, 0) is 40.4 Å². The van der Waals surface area contributed by atoms with Gasteiger partial charge in [-0.25, -0.2) is 4.79 Å². The van der Waals surface area contributed by atoms with E-state index < -0.39 is 0 Å². The fourth-order valence-electron chi connectivity index (χ4n) is 2.79. The van der Waals surface area contributed by atoms with Gasteiger partial charge in [0, 0.05) is 31.7 Å². The van der Waals surface area contributed by atoms with E-state index in [4.69, 9.17) is 4.42 Å². The number of likely N-dealkylation sites (tertiary alicyclic amines) is 1. The van der Waals surface area contributed by atoms with Gasteiger partial charge in [-0.15, -0.1) is 0 Å². The summed E-state index contributed by atoms with van der Waals surface area (Å²) in [7, 11) is 0. The van der Waals surface area contributed by atoms with E-state index in [1.807, 2.05) is 6.07 Å². The number of anilines is 1. The second-order valence-corrected chi connectivity index (χ2v) is 6.52. The molecule has 0 spiro atoms. The zero-order valence-electron chi connectivity index (χ0n) is 12.8. The van der Waals surface area contributed by atoms with Gasteiger partial charge in [0.05, 0.1) is 0 Å². The highest BCUT2D eigenvalue weighted by Crippen LogP contribution is 2.18. The number of urea groups is 1. The summed E-state index contributed by atoms with van der Waals surface area (Å²) in [5.74, 6) is 0.441. The molecule has 1 saturated heterocycles. The van der Waals surface area contributed by atoms with Crippen molar-refractivity contribution in [1.82, 2.24) is 10.2 Å². The molecule has 5 nitrogen and oxygen atoms in total.